The average Bonchev–Trinajstić information content (AvgIpc) is 2.33. The summed E-state index contributed by atoms with van der Waals surface area (Å²) in [6.07, 6.45) is 0. The molecule has 0 spiro atoms. The summed E-state index contributed by atoms with van der Waals surface area (Å²) in [4.78, 5) is 10.9. The quantitative estimate of drug-likeness (QED) is 0.922. The Balaban J connectivity index is 2.40. The van der Waals surface area contributed by atoms with Crippen LogP contribution in [0.1, 0.15) is 10.4 Å². The number of ether oxygens (including phenoxy) is 1. The van der Waals surface area contributed by atoms with Gasteiger partial charge in [-0.15, -0.1) is 0 Å². The van der Waals surface area contributed by atoms with Crippen molar-refractivity contribution in [1.82, 2.24) is 0 Å². The van der Waals surface area contributed by atoms with Crippen LogP contribution in [0.5, 0.6) is 11.5 Å². The van der Waals surface area contributed by atoms with E-state index in [-0.39, 0.29) is 16.5 Å². The number of carbonyl (C=O) groups is 1. The van der Waals surface area contributed by atoms with Crippen molar-refractivity contribution in [2.45, 2.75) is 0 Å². The van der Waals surface area contributed by atoms with Gasteiger partial charge in [-0.2, -0.15) is 0 Å². The highest BCUT2D eigenvalue weighted by atomic mass is 35.5. The Kier molecular flexibility index (Phi) is 3.66. The van der Waals surface area contributed by atoms with Crippen LogP contribution < -0.4 is 4.74 Å². The van der Waals surface area contributed by atoms with E-state index in [1.165, 1.54) is 24.3 Å². The molecule has 0 heterocycles. The minimum absolute atomic E-state index is 0.111. The fourth-order valence-electron chi connectivity index (χ4n) is 1.46. The maximum atomic E-state index is 13.4. The number of rotatable bonds is 3. The van der Waals surface area contributed by atoms with E-state index in [1.807, 2.05) is 0 Å². The molecule has 0 aliphatic heterocycles. The van der Waals surface area contributed by atoms with Crippen LogP contribution in [-0.2, 0) is 0 Å². The number of hydrogen-bond donors (Lipinski definition) is 1. The smallest absolute Gasteiger partial charge is 0.342 e. The van der Waals surface area contributed by atoms with Gasteiger partial charge in [0, 0.05) is 6.07 Å². The Hall–Kier alpha value is -2.14. The topological polar surface area (TPSA) is 46.5 Å². The van der Waals surface area contributed by atoms with Crippen molar-refractivity contribution in [3.63, 3.8) is 0 Å². The van der Waals surface area contributed by atoms with Crippen molar-refractivity contribution in [2.24, 2.45) is 0 Å². The second kappa shape index (κ2) is 5.24. The lowest BCUT2D eigenvalue weighted by atomic mass is 10.2. The molecule has 0 aromatic heterocycles. The fourth-order valence-corrected chi connectivity index (χ4v) is 1.63. The first-order valence-electron chi connectivity index (χ1n) is 5.13. The lowest BCUT2D eigenvalue weighted by molar-refractivity contribution is 0.0689. The van der Waals surface area contributed by atoms with Gasteiger partial charge in [0.05, 0.1) is 5.02 Å². The van der Waals surface area contributed by atoms with Gasteiger partial charge >= 0.3 is 5.97 Å². The molecule has 1 N–H and O–H groups in total. The first-order chi connectivity index (χ1) is 8.99. The number of halogens is 3. The van der Waals surface area contributed by atoms with Crippen molar-refractivity contribution < 1.29 is 23.4 Å². The summed E-state index contributed by atoms with van der Waals surface area (Å²) in [7, 11) is 0. The van der Waals surface area contributed by atoms with E-state index in [0.29, 0.717) is 0 Å². The SMILES string of the molecule is O=C(O)c1c(F)cccc1Oc1ccc(F)c(Cl)c1. The van der Waals surface area contributed by atoms with Crippen molar-refractivity contribution in [1.29, 1.82) is 0 Å². The summed E-state index contributed by atoms with van der Waals surface area (Å²) in [6.45, 7) is 0. The molecule has 0 amide bonds. The highest BCUT2D eigenvalue weighted by Crippen LogP contribution is 2.29. The first-order valence-corrected chi connectivity index (χ1v) is 5.51. The monoisotopic (exact) mass is 284 g/mol. The van der Waals surface area contributed by atoms with Crippen LogP contribution in [0.4, 0.5) is 8.78 Å². The number of aromatic carboxylic acids is 1. The molecule has 2 aromatic carbocycles. The summed E-state index contributed by atoms with van der Waals surface area (Å²) in [6, 6.07) is 7.11. The number of hydrogen-bond acceptors (Lipinski definition) is 2. The second-order valence-corrected chi connectivity index (χ2v) is 4.00. The molecular formula is C13H7ClF2O3. The zero-order chi connectivity index (χ0) is 14.0. The van der Waals surface area contributed by atoms with Crippen LogP contribution in [0, 0.1) is 11.6 Å². The number of carboxylic acids is 1. The van der Waals surface area contributed by atoms with Gasteiger partial charge in [0.25, 0.3) is 0 Å². The Morgan fingerprint density at radius 3 is 2.53 bits per heavy atom. The Morgan fingerprint density at radius 1 is 1.16 bits per heavy atom. The molecule has 0 radical (unpaired) electrons. The van der Waals surface area contributed by atoms with Crippen LogP contribution >= 0.6 is 11.6 Å². The van der Waals surface area contributed by atoms with Crippen molar-refractivity contribution in [2.75, 3.05) is 0 Å². The summed E-state index contributed by atoms with van der Waals surface area (Å²) < 4.78 is 31.6. The molecule has 0 bridgehead atoms. The van der Waals surface area contributed by atoms with Gasteiger partial charge in [-0.25, -0.2) is 13.6 Å². The van der Waals surface area contributed by atoms with Gasteiger partial charge < -0.3 is 9.84 Å². The lowest BCUT2D eigenvalue weighted by Gasteiger charge is -2.09. The van der Waals surface area contributed by atoms with Gasteiger partial charge in [-0.05, 0) is 24.3 Å². The Morgan fingerprint density at radius 2 is 1.89 bits per heavy atom. The van der Waals surface area contributed by atoms with Crippen molar-refractivity contribution in [3.8, 4) is 11.5 Å². The fraction of sp³-hybridized carbons (Fsp3) is 0. The summed E-state index contributed by atoms with van der Waals surface area (Å²) in [5.74, 6) is -3.08. The van der Waals surface area contributed by atoms with E-state index in [4.69, 9.17) is 21.4 Å². The maximum absolute atomic E-state index is 13.4. The molecule has 0 aliphatic rings. The van der Waals surface area contributed by atoms with Gasteiger partial charge in [0.1, 0.15) is 28.7 Å². The standard InChI is InChI=1S/C13H7ClF2O3/c14-8-6-7(4-5-9(8)15)19-11-3-1-2-10(16)12(11)13(17)18/h1-6H,(H,17,18). The average molecular weight is 285 g/mol. The molecule has 2 rings (SSSR count). The van der Waals surface area contributed by atoms with E-state index < -0.39 is 23.2 Å². The molecule has 0 atom stereocenters. The molecule has 0 aliphatic carbocycles. The third-order valence-corrected chi connectivity index (χ3v) is 2.60. The van der Waals surface area contributed by atoms with Gasteiger partial charge in [0.2, 0.25) is 0 Å². The number of benzene rings is 2. The highest BCUT2D eigenvalue weighted by molar-refractivity contribution is 6.30. The normalized spacial score (nSPS) is 10.3. The first kappa shape index (κ1) is 13.3. The summed E-state index contributed by atoms with van der Waals surface area (Å²) in [5.41, 5.74) is -0.594. The zero-order valence-electron chi connectivity index (χ0n) is 9.36. The predicted molar refractivity (Wildman–Crippen MR) is 64.8 cm³/mol. The largest absolute Gasteiger partial charge is 0.477 e. The van der Waals surface area contributed by atoms with E-state index in [0.717, 1.165) is 12.1 Å². The van der Waals surface area contributed by atoms with Gasteiger partial charge in [-0.3, -0.25) is 0 Å². The molecule has 0 saturated heterocycles. The van der Waals surface area contributed by atoms with Gasteiger partial charge in [0.15, 0.2) is 0 Å². The zero-order valence-corrected chi connectivity index (χ0v) is 10.1. The minimum atomic E-state index is -1.46. The van der Waals surface area contributed by atoms with Crippen LogP contribution in [0.2, 0.25) is 5.02 Å². The predicted octanol–water partition coefficient (Wildman–Crippen LogP) is 4.11. The van der Waals surface area contributed by atoms with E-state index in [1.54, 1.807) is 0 Å². The Labute approximate surface area is 112 Å². The van der Waals surface area contributed by atoms with E-state index >= 15 is 0 Å². The Bertz CT molecular complexity index is 644. The molecular weight excluding hydrogens is 278 g/mol. The van der Waals surface area contributed by atoms with Gasteiger partial charge in [-0.1, -0.05) is 17.7 Å². The summed E-state index contributed by atoms with van der Waals surface area (Å²) >= 11 is 5.57. The van der Waals surface area contributed by atoms with E-state index in [9.17, 15) is 13.6 Å². The lowest BCUT2D eigenvalue weighted by Crippen LogP contribution is -2.03. The summed E-state index contributed by atoms with van der Waals surface area (Å²) in [5, 5.41) is 8.74. The van der Waals surface area contributed by atoms with Crippen LogP contribution in [0.25, 0.3) is 0 Å². The van der Waals surface area contributed by atoms with E-state index in [2.05, 4.69) is 0 Å². The number of carboxylic acid groups (broad SMARTS) is 1. The van der Waals surface area contributed by atoms with Crippen molar-refractivity contribution >= 4 is 17.6 Å². The molecule has 3 nitrogen and oxygen atoms in total. The molecule has 98 valence electrons. The molecule has 19 heavy (non-hydrogen) atoms. The van der Waals surface area contributed by atoms with Crippen molar-refractivity contribution in [3.05, 3.63) is 58.6 Å². The minimum Gasteiger partial charge on any atom is -0.477 e. The highest BCUT2D eigenvalue weighted by Gasteiger charge is 2.17. The van der Waals surface area contributed by atoms with Crippen LogP contribution in [0.15, 0.2) is 36.4 Å². The third kappa shape index (κ3) is 2.82. The van der Waals surface area contributed by atoms with Crippen LogP contribution in [0.3, 0.4) is 0 Å². The molecule has 0 unspecified atom stereocenters. The maximum Gasteiger partial charge on any atom is 0.342 e. The molecule has 0 fully saturated rings. The molecule has 0 saturated carbocycles. The second-order valence-electron chi connectivity index (χ2n) is 3.60. The van der Waals surface area contributed by atoms with Crippen LogP contribution in [-0.4, -0.2) is 11.1 Å². The third-order valence-electron chi connectivity index (χ3n) is 2.31. The molecule has 2 aromatic rings. The molecule has 6 heteroatoms.